The van der Waals surface area contributed by atoms with E-state index < -0.39 is 0 Å². The third-order valence-corrected chi connectivity index (χ3v) is 0.589. The lowest BCUT2D eigenvalue weighted by atomic mass is 10.5. The largest absolute Gasteiger partial charge is 0.394 e. The van der Waals surface area contributed by atoms with Crippen LogP contribution >= 0.6 is 0 Å². The topological polar surface area (TPSA) is 58.9 Å². The molecule has 0 aromatic heterocycles. The van der Waals surface area contributed by atoms with Crippen molar-refractivity contribution >= 4 is 0 Å². The number of aliphatic hydroxyl groups is 2. The van der Waals surface area contributed by atoms with Crippen molar-refractivity contribution < 1.29 is 20.0 Å². The van der Waals surface area contributed by atoms with Crippen molar-refractivity contribution in [2.75, 3.05) is 26.4 Å². The first-order valence-electron chi connectivity index (χ1n) is 3.79. The third kappa shape index (κ3) is 25.8. The Morgan fingerprint density at radius 3 is 1.82 bits per heavy atom. The van der Waals surface area contributed by atoms with Crippen molar-refractivity contribution in [3.8, 4) is 0 Å². The lowest BCUT2D eigenvalue weighted by Gasteiger charge is -1.95. The fourth-order valence-corrected chi connectivity index (χ4v) is 0.226. The summed E-state index contributed by atoms with van der Waals surface area (Å²) in [6.07, 6.45) is 1.01. The molecule has 0 aliphatic rings. The molecule has 0 heterocycles. The smallest absolute Gasteiger partial charge is 0.0819 e. The van der Waals surface area contributed by atoms with Crippen LogP contribution in [0.2, 0.25) is 0 Å². The third-order valence-electron chi connectivity index (χ3n) is 0.589. The molecule has 0 radical (unpaired) electrons. The predicted octanol–water partition coefficient (Wildman–Crippen LogP) is 0.335. The predicted molar refractivity (Wildman–Crippen MR) is 42.0 cm³/mol. The van der Waals surface area contributed by atoms with Gasteiger partial charge in [0.15, 0.2) is 0 Å². The first-order chi connectivity index (χ1) is 5.33. The minimum Gasteiger partial charge on any atom is -0.394 e. The summed E-state index contributed by atoms with van der Waals surface area (Å²) in [7, 11) is 0. The number of hydrogen-bond donors (Lipinski definition) is 2. The van der Waals surface area contributed by atoms with Gasteiger partial charge in [0.1, 0.15) is 0 Å². The molecule has 0 unspecified atom stereocenters. The molecule has 0 fully saturated rings. The Kier molecular flexibility index (Phi) is 20.1. The standard InChI is InChI=1S/C5H12O2.C2H6O2/c1-3-5-7-6-4-2;3-1-2-4/h3-5H2,1-2H3;3-4H,1-2H2. The molecule has 0 amide bonds. The van der Waals surface area contributed by atoms with E-state index in [9.17, 15) is 0 Å². The second-order valence-corrected chi connectivity index (χ2v) is 1.68. The van der Waals surface area contributed by atoms with Gasteiger partial charge < -0.3 is 10.2 Å². The second kappa shape index (κ2) is 16.4. The van der Waals surface area contributed by atoms with Gasteiger partial charge in [0.2, 0.25) is 0 Å². The maximum Gasteiger partial charge on any atom is 0.0819 e. The van der Waals surface area contributed by atoms with Crippen LogP contribution in [0.5, 0.6) is 0 Å². The molecule has 2 N–H and O–H groups in total. The molecule has 0 rings (SSSR count). The molecule has 11 heavy (non-hydrogen) atoms. The fraction of sp³-hybridized carbons (Fsp3) is 1.00. The van der Waals surface area contributed by atoms with Crippen LogP contribution in [0.4, 0.5) is 0 Å². The molecule has 0 aromatic rings. The Balaban J connectivity index is 0. The lowest BCUT2D eigenvalue weighted by molar-refractivity contribution is -0.290. The molecule has 70 valence electrons. The van der Waals surface area contributed by atoms with Gasteiger partial charge in [0, 0.05) is 0 Å². The van der Waals surface area contributed by atoms with E-state index in [1.54, 1.807) is 0 Å². The van der Waals surface area contributed by atoms with Gasteiger partial charge in [-0.15, -0.1) is 0 Å². The SMILES string of the molecule is CCCOOCC.OCCO. The minimum absolute atomic E-state index is 0.125. The van der Waals surface area contributed by atoms with Crippen molar-refractivity contribution in [1.29, 1.82) is 0 Å². The van der Waals surface area contributed by atoms with Crippen LogP contribution in [0, 0.1) is 0 Å². The van der Waals surface area contributed by atoms with E-state index in [0.29, 0.717) is 13.2 Å². The molecule has 0 atom stereocenters. The summed E-state index contributed by atoms with van der Waals surface area (Å²) in [4.78, 5) is 9.21. The molecule has 0 aliphatic heterocycles. The molecule has 0 spiro atoms. The number of aliphatic hydroxyl groups excluding tert-OH is 2. The van der Waals surface area contributed by atoms with Gasteiger partial charge >= 0.3 is 0 Å². The molecule has 4 heteroatoms. The van der Waals surface area contributed by atoms with Gasteiger partial charge in [0.25, 0.3) is 0 Å². The van der Waals surface area contributed by atoms with Crippen LogP contribution in [-0.2, 0) is 9.78 Å². The van der Waals surface area contributed by atoms with Crippen molar-refractivity contribution in [3.05, 3.63) is 0 Å². The van der Waals surface area contributed by atoms with Gasteiger partial charge in [-0.25, -0.2) is 9.78 Å². The van der Waals surface area contributed by atoms with Crippen LogP contribution in [0.3, 0.4) is 0 Å². The summed E-state index contributed by atoms with van der Waals surface area (Å²) in [6, 6.07) is 0. The maximum absolute atomic E-state index is 7.62. The maximum atomic E-state index is 7.62. The van der Waals surface area contributed by atoms with Crippen LogP contribution in [0.15, 0.2) is 0 Å². The highest BCUT2D eigenvalue weighted by atomic mass is 17.2. The molecule has 0 aliphatic carbocycles. The Morgan fingerprint density at radius 2 is 1.55 bits per heavy atom. The van der Waals surface area contributed by atoms with E-state index in [0.717, 1.165) is 6.42 Å². The molecule has 0 saturated heterocycles. The highest BCUT2D eigenvalue weighted by Crippen LogP contribution is 1.79. The minimum atomic E-state index is -0.125. The van der Waals surface area contributed by atoms with Crippen LogP contribution in [0.25, 0.3) is 0 Å². The lowest BCUT2D eigenvalue weighted by Crippen LogP contribution is -1.93. The van der Waals surface area contributed by atoms with Crippen LogP contribution < -0.4 is 0 Å². The molecular formula is C7H18O4. The summed E-state index contributed by atoms with van der Waals surface area (Å²) in [5, 5.41) is 15.2. The Hall–Kier alpha value is -0.160. The molecule has 0 saturated carbocycles. The first-order valence-corrected chi connectivity index (χ1v) is 3.79. The zero-order valence-electron chi connectivity index (χ0n) is 7.25. The average molecular weight is 166 g/mol. The van der Waals surface area contributed by atoms with E-state index in [4.69, 9.17) is 10.2 Å². The van der Waals surface area contributed by atoms with Crippen molar-refractivity contribution in [2.45, 2.75) is 20.3 Å². The average Bonchev–Trinajstić information content (AvgIpc) is 2.06. The Bertz CT molecular complexity index is 43.7. The van der Waals surface area contributed by atoms with E-state index in [2.05, 4.69) is 9.78 Å². The van der Waals surface area contributed by atoms with Crippen molar-refractivity contribution in [2.24, 2.45) is 0 Å². The highest BCUT2D eigenvalue weighted by Gasteiger charge is 1.77. The second-order valence-electron chi connectivity index (χ2n) is 1.68. The van der Waals surface area contributed by atoms with Crippen LogP contribution in [-0.4, -0.2) is 36.6 Å². The summed E-state index contributed by atoms with van der Waals surface area (Å²) in [5.41, 5.74) is 0. The monoisotopic (exact) mass is 166 g/mol. The molecule has 4 nitrogen and oxygen atoms in total. The molecule has 0 bridgehead atoms. The zero-order chi connectivity index (χ0) is 8.95. The van der Waals surface area contributed by atoms with Gasteiger partial charge in [0.05, 0.1) is 26.4 Å². The fourth-order valence-electron chi connectivity index (χ4n) is 0.226. The quantitative estimate of drug-likeness (QED) is 0.351. The van der Waals surface area contributed by atoms with E-state index in [1.807, 2.05) is 13.8 Å². The number of rotatable bonds is 5. The summed E-state index contributed by atoms with van der Waals surface area (Å²) < 4.78 is 0. The summed E-state index contributed by atoms with van der Waals surface area (Å²) in [5.74, 6) is 0. The molecular weight excluding hydrogens is 148 g/mol. The zero-order valence-corrected chi connectivity index (χ0v) is 7.25. The van der Waals surface area contributed by atoms with Crippen molar-refractivity contribution in [1.82, 2.24) is 0 Å². The van der Waals surface area contributed by atoms with Gasteiger partial charge in [-0.3, -0.25) is 0 Å². The van der Waals surface area contributed by atoms with Gasteiger partial charge in [-0.05, 0) is 13.3 Å². The normalized spacial score (nSPS) is 8.73. The van der Waals surface area contributed by atoms with Crippen molar-refractivity contribution in [3.63, 3.8) is 0 Å². The van der Waals surface area contributed by atoms with Gasteiger partial charge in [-0.1, -0.05) is 6.92 Å². The number of hydrogen-bond acceptors (Lipinski definition) is 4. The Labute approximate surface area is 67.7 Å². The summed E-state index contributed by atoms with van der Waals surface area (Å²) >= 11 is 0. The first kappa shape index (κ1) is 13.4. The van der Waals surface area contributed by atoms with Gasteiger partial charge in [-0.2, -0.15) is 0 Å². The summed E-state index contributed by atoms with van der Waals surface area (Å²) in [6.45, 7) is 5.03. The molecule has 0 aromatic carbocycles. The van der Waals surface area contributed by atoms with E-state index in [-0.39, 0.29) is 13.2 Å². The van der Waals surface area contributed by atoms with E-state index >= 15 is 0 Å². The van der Waals surface area contributed by atoms with Crippen LogP contribution in [0.1, 0.15) is 20.3 Å². The Morgan fingerprint density at radius 1 is 1.00 bits per heavy atom. The van der Waals surface area contributed by atoms with E-state index in [1.165, 1.54) is 0 Å². The highest BCUT2D eigenvalue weighted by molar-refractivity contribution is 4.14.